The minimum Gasteiger partial charge on any atom is -0.444 e. The van der Waals surface area contributed by atoms with Gasteiger partial charge in [0, 0.05) is 25.8 Å². The fourth-order valence-electron chi connectivity index (χ4n) is 2.99. The van der Waals surface area contributed by atoms with Gasteiger partial charge >= 0.3 is 6.09 Å². The number of amides is 1. The Morgan fingerprint density at radius 2 is 2.12 bits per heavy atom. The van der Waals surface area contributed by atoms with Gasteiger partial charge in [0.2, 0.25) is 0 Å². The summed E-state index contributed by atoms with van der Waals surface area (Å²) in [6, 6.07) is 5.94. The minimum atomic E-state index is -0.541. The molecule has 2 heterocycles. The van der Waals surface area contributed by atoms with Crippen molar-refractivity contribution in [2.24, 2.45) is 0 Å². The number of hydrogen-bond acceptors (Lipinski definition) is 6. The molecule has 0 spiro atoms. The molecule has 3 rings (SSSR count). The number of carbonyl (C=O) groups is 2. The molecule has 0 radical (unpaired) electrons. The largest absolute Gasteiger partial charge is 0.444 e. The second kappa shape index (κ2) is 7.72. The van der Waals surface area contributed by atoms with Crippen LogP contribution in [0.25, 0.3) is 10.2 Å². The summed E-state index contributed by atoms with van der Waals surface area (Å²) in [6.45, 7) is 7.39. The number of fused-ring (bicyclic) bond motifs is 1. The van der Waals surface area contributed by atoms with Gasteiger partial charge in [0.25, 0.3) is 0 Å². The zero-order valence-electron chi connectivity index (χ0n) is 15.4. The predicted molar refractivity (Wildman–Crippen MR) is 101 cm³/mol. The Balaban J connectivity index is 1.83. The van der Waals surface area contributed by atoms with Crippen LogP contribution in [-0.2, 0) is 16.0 Å². The Morgan fingerprint density at radius 3 is 2.77 bits per heavy atom. The lowest BCUT2D eigenvalue weighted by Gasteiger charge is -2.35. The van der Waals surface area contributed by atoms with Crippen molar-refractivity contribution in [1.82, 2.24) is 9.88 Å². The molecule has 0 N–H and O–H groups in total. The van der Waals surface area contributed by atoms with E-state index in [4.69, 9.17) is 9.47 Å². The Morgan fingerprint density at radius 1 is 1.38 bits per heavy atom. The highest BCUT2D eigenvalue weighted by Gasteiger charge is 2.29. The zero-order chi connectivity index (χ0) is 18.7. The molecular formula is C19H24N2O4S. The fraction of sp³-hybridized carbons (Fsp3) is 0.526. The van der Waals surface area contributed by atoms with Crippen LogP contribution in [0.2, 0.25) is 0 Å². The molecule has 2 aromatic rings. The van der Waals surface area contributed by atoms with E-state index in [1.165, 1.54) is 11.3 Å². The van der Waals surface area contributed by atoms with Crippen molar-refractivity contribution in [2.45, 2.75) is 51.8 Å². The fourth-order valence-corrected chi connectivity index (χ4v) is 3.84. The number of thiazole rings is 1. The van der Waals surface area contributed by atoms with Gasteiger partial charge in [-0.3, -0.25) is 4.79 Å². The third kappa shape index (κ3) is 4.59. The summed E-state index contributed by atoms with van der Waals surface area (Å²) in [5.74, 6) is 0. The monoisotopic (exact) mass is 376 g/mol. The third-order valence-corrected chi connectivity index (χ3v) is 5.13. The van der Waals surface area contributed by atoms with E-state index in [0.717, 1.165) is 34.9 Å². The maximum absolute atomic E-state index is 12.8. The average Bonchev–Trinajstić information content (AvgIpc) is 3.01. The molecule has 1 aromatic carbocycles. The topological polar surface area (TPSA) is 68.7 Å². The van der Waals surface area contributed by atoms with Crippen LogP contribution in [0, 0.1) is 0 Å². The van der Waals surface area contributed by atoms with Gasteiger partial charge in [0.1, 0.15) is 5.60 Å². The first kappa shape index (κ1) is 18.8. The van der Waals surface area contributed by atoms with Gasteiger partial charge < -0.3 is 14.4 Å². The van der Waals surface area contributed by atoms with E-state index in [9.17, 15) is 9.59 Å². The van der Waals surface area contributed by atoms with E-state index in [2.05, 4.69) is 4.98 Å². The molecule has 140 valence electrons. The lowest BCUT2D eigenvalue weighted by Crippen LogP contribution is -2.45. The number of nitrogens with zero attached hydrogens (tertiary/aromatic N) is 2. The molecule has 1 amide bonds. The summed E-state index contributed by atoms with van der Waals surface area (Å²) in [4.78, 5) is 29.8. The van der Waals surface area contributed by atoms with Gasteiger partial charge in [-0.2, -0.15) is 0 Å². The van der Waals surface area contributed by atoms with Crippen LogP contribution >= 0.6 is 11.3 Å². The molecular weight excluding hydrogens is 352 g/mol. The first-order chi connectivity index (χ1) is 12.4. The maximum Gasteiger partial charge on any atom is 0.410 e. The highest BCUT2D eigenvalue weighted by atomic mass is 32.1. The molecule has 0 saturated carbocycles. The van der Waals surface area contributed by atoms with E-state index in [1.54, 1.807) is 4.90 Å². The Hall–Kier alpha value is -1.99. The quantitative estimate of drug-likeness (QED) is 0.754. The van der Waals surface area contributed by atoms with Crippen molar-refractivity contribution < 1.29 is 19.1 Å². The van der Waals surface area contributed by atoms with E-state index < -0.39 is 5.60 Å². The zero-order valence-corrected chi connectivity index (χ0v) is 16.2. The predicted octanol–water partition coefficient (Wildman–Crippen LogP) is 4.02. The van der Waals surface area contributed by atoms with Crippen molar-refractivity contribution >= 4 is 33.9 Å². The van der Waals surface area contributed by atoms with Crippen LogP contribution < -0.4 is 0 Å². The van der Waals surface area contributed by atoms with E-state index in [1.807, 2.05) is 39.0 Å². The number of aromatic nitrogens is 1. The van der Waals surface area contributed by atoms with E-state index in [0.29, 0.717) is 24.8 Å². The average molecular weight is 376 g/mol. The highest BCUT2D eigenvalue weighted by molar-refractivity contribution is 7.20. The summed E-state index contributed by atoms with van der Waals surface area (Å²) < 4.78 is 12.0. The molecule has 26 heavy (non-hydrogen) atoms. The van der Waals surface area contributed by atoms with Gasteiger partial charge in [-0.25, -0.2) is 9.78 Å². The second-order valence-corrected chi connectivity index (χ2v) is 8.49. The van der Waals surface area contributed by atoms with Gasteiger partial charge in [-0.1, -0.05) is 6.07 Å². The van der Waals surface area contributed by atoms with Crippen molar-refractivity contribution in [1.29, 1.82) is 0 Å². The summed E-state index contributed by atoms with van der Waals surface area (Å²) in [5, 5.41) is 0.463. The number of rotatable bonds is 4. The molecule has 6 nitrogen and oxygen atoms in total. The lowest BCUT2D eigenvalue weighted by molar-refractivity contribution is -0.00807. The van der Waals surface area contributed by atoms with Crippen LogP contribution in [0.15, 0.2) is 18.2 Å². The standard InChI is InChI=1S/C19H24N2O4S/c1-19(2,3)25-18(23)21(14-6-8-24-9-7-14)11-13-4-5-15-16(10-13)26-17(12-22)20-15/h4-5,10,12,14H,6-9,11H2,1-3H3. The van der Waals surface area contributed by atoms with Gasteiger partial charge in [-0.05, 0) is 51.3 Å². The second-order valence-electron chi connectivity index (χ2n) is 7.42. The lowest BCUT2D eigenvalue weighted by atomic mass is 10.1. The molecule has 1 aliphatic rings. The summed E-state index contributed by atoms with van der Waals surface area (Å²) in [6.07, 6.45) is 2.07. The Bertz CT molecular complexity index is 790. The summed E-state index contributed by atoms with van der Waals surface area (Å²) in [7, 11) is 0. The van der Waals surface area contributed by atoms with Crippen LogP contribution in [0.3, 0.4) is 0 Å². The normalized spacial score (nSPS) is 15.8. The molecule has 1 saturated heterocycles. The third-order valence-electron chi connectivity index (χ3n) is 4.18. The van der Waals surface area contributed by atoms with Crippen molar-refractivity contribution in [2.75, 3.05) is 13.2 Å². The van der Waals surface area contributed by atoms with Gasteiger partial charge in [0.15, 0.2) is 11.3 Å². The van der Waals surface area contributed by atoms with E-state index >= 15 is 0 Å². The Kier molecular flexibility index (Phi) is 5.58. The summed E-state index contributed by atoms with van der Waals surface area (Å²) in [5.41, 5.74) is 1.26. The molecule has 7 heteroatoms. The van der Waals surface area contributed by atoms with Crippen LogP contribution in [0.5, 0.6) is 0 Å². The van der Waals surface area contributed by atoms with Crippen molar-refractivity contribution in [3.8, 4) is 0 Å². The first-order valence-corrected chi connectivity index (χ1v) is 9.59. The minimum absolute atomic E-state index is 0.0984. The molecule has 0 atom stereocenters. The first-order valence-electron chi connectivity index (χ1n) is 8.78. The van der Waals surface area contributed by atoms with Crippen LogP contribution in [-0.4, -0.2) is 47.1 Å². The van der Waals surface area contributed by atoms with Crippen LogP contribution in [0.1, 0.15) is 49.0 Å². The van der Waals surface area contributed by atoms with E-state index in [-0.39, 0.29) is 12.1 Å². The van der Waals surface area contributed by atoms with Crippen molar-refractivity contribution in [3.63, 3.8) is 0 Å². The molecule has 0 bridgehead atoms. The number of benzene rings is 1. The molecule has 0 aliphatic carbocycles. The van der Waals surface area contributed by atoms with Gasteiger partial charge in [-0.15, -0.1) is 11.3 Å². The Labute approximate surface area is 157 Å². The SMILES string of the molecule is CC(C)(C)OC(=O)N(Cc1ccc2nc(C=O)sc2c1)C1CCOCC1. The maximum atomic E-state index is 12.8. The number of hydrogen-bond donors (Lipinski definition) is 0. The van der Waals surface area contributed by atoms with Gasteiger partial charge in [0.05, 0.1) is 10.2 Å². The molecule has 1 aromatic heterocycles. The van der Waals surface area contributed by atoms with Crippen LogP contribution in [0.4, 0.5) is 4.79 Å². The molecule has 1 fully saturated rings. The molecule has 1 aliphatic heterocycles. The molecule has 0 unspecified atom stereocenters. The summed E-state index contributed by atoms with van der Waals surface area (Å²) >= 11 is 1.36. The smallest absolute Gasteiger partial charge is 0.410 e. The van der Waals surface area contributed by atoms with Crippen molar-refractivity contribution in [3.05, 3.63) is 28.8 Å². The number of carbonyl (C=O) groups excluding carboxylic acids is 2. The number of aldehydes is 1. The highest BCUT2D eigenvalue weighted by Crippen LogP contribution is 2.25. The number of ether oxygens (including phenoxy) is 2.